The number of nitrogens with zero attached hydrogens (tertiary/aromatic N) is 3. The van der Waals surface area contributed by atoms with Crippen molar-refractivity contribution in [2.45, 2.75) is 57.0 Å². The molecule has 3 unspecified atom stereocenters. The van der Waals surface area contributed by atoms with Crippen LogP contribution >= 0.6 is 34.5 Å². The van der Waals surface area contributed by atoms with Crippen LogP contribution in [0.1, 0.15) is 49.4 Å². The van der Waals surface area contributed by atoms with Crippen molar-refractivity contribution in [1.29, 1.82) is 5.26 Å². The molecule has 2 aliphatic rings. The van der Waals surface area contributed by atoms with Crippen LogP contribution in [0.5, 0.6) is 17.2 Å². The second-order valence-corrected chi connectivity index (χ2v) is 17.8. The summed E-state index contributed by atoms with van der Waals surface area (Å²) in [4.78, 5) is 27.8. The van der Waals surface area contributed by atoms with Crippen molar-refractivity contribution in [3.05, 3.63) is 156 Å². The van der Waals surface area contributed by atoms with Crippen molar-refractivity contribution in [3.8, 4) is 34.4 Å². The minimum atomic E-state index is -1.68. The first kappa shape index (κ1) is 43.3. The lowest BCUT2D eigenvalue weighted by atomic mass is 9.94. The normalized spacial score (nSPS) is 15.9. The second kappa shape index (κ2) is 19.8. The van der Waals surface area contributed by atoms with Gasteiger partial charge in [-0.2, -0.15) is 5.26 Å². The van der Waals surface area contributed by atoms with Gasteiger partial charge in [0.2, 0.25) is 5.91 Å². The van der Waals surface area contributed by atoms with E-state index < -0.39 is 17.0 Å². The van der Waals surface area contributed by atoms with E-state index in [1.807, 2.05) is 105 Å². The fourth-order valence-electron chi connectivity index (χ4n) is 7.10. The Morgan fingerprint density at radius 1 is 0.967 bits per heavy atom. The molecule has 61 heavy (non-hydrogen) atoms. The third-order valence-corrected chi connectivity index (χ3v) is 13.5. The first-order chi connectivity index (χ1) is 29.5. The Hall–Kier alpha value is -5.75. The average molecular weight is 896 g/mol. The van der Waals surface area contributed by atoms with Crippen LogP contribution in [0.2, 0.25) is 10.0 Å². The number of aromatic nitrogens is 1. The van der Waals surface area contributed by atoms with Gasteiger partial charge >= 0.3 is 0 Å². The molecule has 8 rings (SSSR count). The first-order valence-corrected chi connectivity index (χ1v) is 21.9. The molecule has 3 atom stereocenters. The molecule has 2 aliphatic heterocycles. The number of thiazole rings is 1. The highest BCUT2D eigenvalue weighted by Crippen LogP contribution is 2.41. The summed E-state index contributed by atoms with van der Waals surface area (Å²) in [6.07, 6.45) is 0.623. The van der Waals surface area contributed by atoms with Crippen LogP contribution in [-0.4, -0.2) is 50.2 Å². The third-order valence-electron chi connectivity index (χ3n) is 10.2. The van der Waals surface area contributed by atoms with Gasteiger partial charge in [0.1, 0.15) is 36.0 Å². The van der Waals surface area contributed by atoms with Crippen molar-refractivity contribution in [1.82, 2.24) is 14.6 Å². The molecule has 6 aromatic rings. The van der Waals surface area contributed by atoms with E-state index in [2.05, 4.69) is 16.4 Å². The number of halogens is 2. The third kappa shape index (κ3) is 10.4. The van der Waals surface area contributed by atoms with E-state index in [1.54, 1.807) is 16.4 Å². The number of carbonyl (C=O) groups excluding carboxylic acids is 1. The topological polar surface area (TPSA) is 151 Å². The van der Waals surface area contributed by atoms with Crippen molar-refractivity contribution in [2.24, 2.45) is 0 Å². The molecular formula is C46H40Cl2N4O7S2. The Kier molecular flexibility index (Phi) is 14.0. The summed E-state index contributed by atoms with van der Waals surface area (Å²) in [6, 6.07) is 34.2. The summed E-state index contributed by atoms with van der Waals surface area (Å²) in [7, 11) is -1.68. The van der Waals surface area contributed by atoms with E-state index in [-0.39, 0.29) is 25.0 Å². The van der Waals surface area contributed by atoms with Gasteiger partial charge in [-0.15, -0.1) is 11.3 Å². The number of nitriles is 1. The van der Waals surface area contributed by atoms with E-state index in [0.717, 1.165) is 48.8 Å². The maximum Gasteiger partial charge on any atom is 0.290 e. The van der Waals surface area contributed by atoms with Crippen molar-refractivity contribution < 1.29 is 33.1 Å². The molecular weight excluding hydrogens is 856 g/mol. The highest BCUT2D eigenvalue weighted by atomic mass is 35.5. The molecule has 5 aromatic carbocycles. The molecule has 0 bridgehead atoms. The number of carboxylic acid groups (broad SMARTS) is 1. The second-order valence-electron chi connectivity index (χ2n) is 14.3. The fraction of sp³-hybridized carbons (Fsp3) is 0.217. The van der Waals surface area contributed by atoms with Crippen LogP contribution < -0.4 is 19.5 Å². The zero-order chi connectivity index (χ0) is 43.0. The van der Waals surface area contributed by atoms with Crippen LogP contribution in [-0.2, 0) is 46.6 Å². The number of amides is 1. The van der Waals surface area contributed by atoms with Crippen molar-refractivity contribution in [3.63, 3.8) is 0 Å². The molecule has 0 spiro atoms. The fourth-order valence-corrected chi connectivity index (χ4v) is 9.87. The summed E-state index contributed by atoms with van der Waals surface area (Å²) in [5, 5.41) is 21.4. The largest absolute Gasteiger partial charge is 0.489 e. The molecule has 0 aliphatic carbocycles. The zero-order valence-electron chi connectivity index (χ0n) is 33.1. The average Bonchev–Trinajstić information content (AvgIpc) is 3.62. The highest BCUT2D eigenvalue weighted by Gasteiger charge is 2.38. The number of rotatable bonds is 11. The van der Waals surface area contributed by atoms with Crippen LogP contribution in [0.15, 0.2) is 108 Å². The van der Waals surface area contributed by atoms with E-state index in [4.69, 9.17) is 52.6 Å². The molecule has 0 saturated heterocycles. The van der Waals surface area contributed by atoms with Gasteiger partial charge in [-0.3, -0.25) is 9.59 Å². The maximum absolute atomic E-state index is 14.3. The predicted molar refractivity (Wildman–Crippen MR) is 236 cm³/mol. The van der Waals surface area contributed by atoms with Gasteiger partial charge in [-0.1, -0.05) is 77.8 Å². The summed E-state index contributed by atoms with van der Waals surface area (Å²) in [6.45, 7) is 4.89. The van der Waals surface area contributed by atoms with Gasteiger partial charge in [0.05, 0.1) is 26.7 Å². The molecule has 0 fully saturated rings. The Bertz CT molecular complexity index is 2600. The van der Waals surface area contributed by atoms with Gasteiger partial charge in [0.15, 0.2) is 22.6 Å². The number of hydrogen-bond acceptors (Lipinski definition) is 9. The number of hydrogen-bond donors (Lipinski definition) is 2. The van der Waals surface area contributed by atoms with E-state index in [1.165, 1.54) is 11.3 Å². The van der Waals surface area contributed by atoms with Gasteiger partial charge in [0.25, 0.3) is 6.47 Å². The Morgan fingerprint density at radius 3 is 2.30 bits per heavy atom. The molecule has 15 heteroatoms. The van der Waals surface area contributed by atoms with Gasteiger partial charge in [0, 0.05) is 18.0 Å². The number of aryl methyl sites for hydroxylation is 2. The molecule has 11 nitrogen and oxygen atoms in total. The standard InChI is InChI=1S/C45H38Cl2N4O5S2.CH2O2/c1-27-45(50-28(2)57-27)58(53)51-24-36-22-42-41(55-26-43(56-42)34-12-14-37(15-13-34)54-25-31-7-16-38(46)39(47)19-31)21-35(36)20-40(51)44(52)49-18-17-29-3-8-32(9-4-29)33-10-5-30(23-48)6-11-33;2-1-3/h3-16,19,21-22,40,43H,17-18,20,24-26H2,1-2H3,(H,49,52);1H,(H,2,3). The minimum Gasteiger partial charge on any atom is -0.489 e. The number of fused-ring (bicyclic) bond motifs is 2. The van der Waals surface area contributed by atoms with E-state index in [9.17, 15) is 9.00 Å². The first-order valence-electron chi connectivity index (χ1n) is 19.2. The smallest absolute Gasteiger partial charge is 0.290 e. The number of benzene rings is 5. The summed E-state index contributed by atoms with van der Waals surface area (Å²) < 4.78 is 34.7. The van der Waals surface area contributed by atoms with Gasteiger partial charge in [-0.25, -0.2) is 13.5 Å². The maximum atomic E-state index is 14.3. The Labute approximate surface area is 370 Å². The molecule has 1 aromatic heterocycles. The van der Waals surface area contributed by atoms with Crippen LogP contribution in [0.3, 0.4) is 0 Å². The Morgan fingerprint density at radius 2 is 1.64 bits per heavy atom. The van der Waals surface area contributed by atoms with Crippen LogP contribution in [0.4, 0.5) is 0 Å². The predicted octanol–water partition coefficient (Wildman–Crippen LogP) is 9.21. The number of carbonyl (C=O) groups is 2. The van der Waals surface area contributed by atoms with Gasteiger partial charge in [-0.05, 0) is 114 Å². The number of nitrogens with one attached hydrogen (secondary N) is 1. The number of ether oxygens (including phenoxy) is 3. The monoisotopic (exact) mass is 894 g/mol. The lowest BCUT2D eigenvalue weighted by molar-refractivity contribution is -0.125. The molecule has 1 amide bonds. The summed E-state index contributed by atoms with van der Waals surface area (Å²) >= 11 is 13.7. The highest BCUT2D eigenvalue weighted by molar-refractivity contribution is 7.82. The molecule has 312 valence electrons. The van der Waals surface area contributed by atoms with Crippen LogP contribution in [0.25, 0.3) is 11.1 Å². The quantitative estimate of drug-likeness (QED) is 0.121. The zero-order valence-corrected chi connectivity index (χ0v) is 36.2. The van der Waals surface area contributed by atoms with Crippen molar-refractivity contribution in [2.75, 3.05) is 13.2 Å². The van der Waals surface area contributed by atoms with E-state index in [0.29, 0.717) is 70.5 Å². The van der Waals surface area contributed by atoms with Crippen molar-refractivity contribution >= 4 is 57.9 Å². The lowest BCUT2D eigenvalue weighted by Crippen LogP contribution is -2.51. The minimum absolute atomic E-state index is 0.197. The Balaban J connectivity index is 0.00000182. The molecule has 2 N–H and O–H groups in total. The van der Waals surface area contributed by atoms with Gasteiger partial charge < -0.3 is 24.6 Å². The SMILES string of the molecule is Cc1nc(S(=O)N2Cc3cc4c(cc3CC2C(=O)NCCc2ccc(-c3ccc(C#N)cc3)cc2)OCC(c2ccc(OCc3ccc(Cl)c(Cl)c3)cc2)O4)c(C)s1.O=CO. The molecule has 0 saturated carbocycles. The summed E-state index contributed by atoms with van der Waals surface area (Å²) in [5.74, 6) is 1.71. The summed E-state index contributed by atoms with van der Waals surface area (Å²) in [5.41, 5.74) is 7.48. The molecule has 0 radical (unpaired) electrons. The lowest BCUT2D eigenvalue weighted by Gasteiger charge is -2.36. The van der Waals surface area contributed by atoms with Crippen LogP contribution in [0, 0.1) is 25.2 Å². The molecule has 3 heterocycles. The van der Waals surface area contributed by atoms with E-state index >= 15 is 0 Å².